The minimum absolute atomic E-state index is 0.0739. The molecule has 1 N–H and O–H groups in total. The van der Waals surface area contributed by atoms with E-state index >= 15 is 0 Å². The molecule has 2 heterocycles. The molecule has 188 valence electrons. The second-order valence-corrected chi connectivity index (χ2v) is 9.25. The monoisotopic (exact) mass is 529 g/mol. The molecular weight excluding hydrogens is 506 g/mol. The lowest BCUT2D eigenvalue weighted by atomic mass is 9.94. The molecule has 1 amide bonds. The van der Waals surface area contributed by atoms with Crippen molar-refractivity contribution in [2.24, 2.45) is 0 Å². The van der Waals surface area contributed by atoms with Crippen LogP contribution in [-0.4, -0.2) is 50.1 Å². The summed E-state index contributed by atoms with van der Waals surface area (Å²) in [7, 11) is 5.88. The van der Waals surface area contributed by atoms with Crippen molar-refractivity contribution in [2.45, 2.75) is 12.6 Å². The van der Waals surface area contributed by atoms with Gasteiger partial charge in [-0.25, -0.2) is 0 Å². The second-order valence-electron chi connectivity index (χ2n) is 7.81. The van der Waals surface area contributed by atoms with Gasteiger partial charge in [0, 0.05) is 10.4 Å². The van der Waals surface area contributed by atoms with E-state index < -0.39 is 17.7 Å². The molecule has 2 aromatic carbocycles. The fourth-order valence-electron chi connectivity index (χ4n) is 4.18. The van der Waals surface area contributed by atoms with Gasteiger partial charge in [0.2, 0.25) is 5.75 Å². The van der Waals surface area contributed by atoms with Gasteiger partial charge in [0.25, 0.3) is 11.7 Å². The molecule has 10 heteroatoms. The van der Waals surface area contributed by atoms with Gasteiger partial charge in [-0.2, -0.15) is 0 Å². The number of ether oxygens (including phenoxy) is 4. The molecule has 3 aromatic rings. The van der Waals surface area contributed by atoms with E-state index in [0.29, 0.717) is 33.6 Å². The Morgan fingerprint density at radius 1 is 0.972 bits per heavy atom. The van der Waals surface area contributed by atoms with Crippen LogP contribution in [0, 0.1) is 0 Å². The Kier molecular flexibility index (Phi) is 7.42. The zero-order chi connectivity index (χ0) is 26.0. The van der Waals surface area contributed by atoms with Gasteiger partial charge < -0.3 is 29.0 Å². The molecule has 1 saturated heterocycles. The summed E-state index contributed by atoms with van der Waals surface area (Å²) < 4.78 is 21.7. The number of rotatable bonds is 8. The zero-order valence-corrected chi connectivity index (χ0v) is 21.6. The number of hydrogen-bond acceptors (Lipinski definition) is 8. The molecule has 1 atom stereocenters. The van der Waals surface area contributed by atoms with Gasteiger partial charge >= 0.3 is 0 Å². The van der Waals surface area contributed by atoms with E-state index in [1.807, 2.05) is 17.5 Å². The third kappa shape index (κ3) is 4.47. The summed E-state index contributed by atoms with van der Waals surface area (Å²) in [4.78, 5) is 28.9. The Hall–Kier alpha value is -3.69. The number of ketones is 1. The molecule has 0 aliphatic carbocycles. The Balaban J connectivity index is 1.95. The number of carbonyl (C=O) groups excluding carboxylic acids is 2. The van der Waals surface area contributed by atoms with Crippen molar-refractivity contribution in [3.8, 4) is 23.0 Å². The minimum Gasteiger partial charge on any atom is -0.507 e. The molecular formula is C26H24ClNO7S. The van der Waals surface area contributed by atoms with Crippen molar-refractivity contribution in [3.05, 3.63) is 74.4 Å². The Bertz CT molecular complexity index is 1310. The maximum Gasteiger partial charge on any atom is 0.295 e. The Labute approximate surface area is 217 Å². The van der Waals surface area contributed by atoms with Crippen LogP contribution < -0.4 is 18.9 Å². The molecule has 1 aliphatic heterocycles. The highest BCUT2D eigenvalue weighted by molar-refractivity contribution is 7.09. The van der Waals surface area contributed by atoms with Crippen LogP contribution in [0.15, 0.2) is 53.4 Å². The van der Waals surface area contributed by atoms with E-state index in [1.54, 1.807) is 24.3 Å². The van der Waals surface area contributed by atoms with E-state index in [1.165, 1.54) is 50.7 Å². The second kappa shape index (κ2) is 10.5. The Morgan fingerprint density at radius 2 is 1.64 bits per heavy atom. The molecule has 0 spiro atoms. The van der Waals surface area contributed by atoms with Crippen LogP contribution in [0.2, 0.25) is 5.02 Å². The van der Waals surface area contributed by atoms with Crippen molar-refractivity contribution in [1.82, 2.24) is 4.90 Å². The van der Waals surface area contributed by atoms with Crippen LogP contribution in [0.5, 0.6) is 23.0 Å². The predicted octanol–water partition coefficient (Wildman–Crippen LogP) is 5.06. The van der Waals surface area contributed by atoms with Gasteiger partial charge in [0.1, 0.15) is 11.5 Å². The molecule has 1 unspecified atom stereocenters. The molecule has 0 bridgehead atoms. The van der Waals surface area contributed by atoms with Crippen LogP contribution in [0.25, 0.3) is 5.76 Å². The number of Topliss-reactive ketones (excluding diaryl/α,β-unsaturated/α-hetero) is 1. The molecule has 1 aromatic heterocycles. The maximum absolute atomic E-state index is 13.3. The van der Waals surface area contributed by atoms with E-state index in [2.05, 4.69) is 0 Å². The third-order valence-corrected chi connectivity index (χ3v) is 7.05. The largest absolute Gasteiger partial charge is 0.507 e. The van der Waals surface area contributed by atoms with E-state index in [4.69, 9.17) is 30.5 Å². The van der Waals surface area contributed by atoms with Crippen LogP contribution in [-0.2, 0) is 16.1 Å². The first-order chi connectivity index (χ1) is 17.3. The summed E-state index contributed by atoms with van der Waals surface area (Å²) in [6, 6.07) is 10.7. The van der Waals surface area contributed by atoms with E-state index in [0.717, 1.165) is 4.88 Å². The van der Waals surface area contributed by atoms with Crippen LogP contribution in [0.1, 0.15) is 22.0 Å². The number of thiophene rings is 1. The number of amides is 1. The smallest absolute Gasteiger partial charge is 0.295 e. The first kappa shape index (κ1) is 25.4. The summed E-state index contributed by atoms with van der Waals surface area (Å²) in [5, 5.41) is 13.6. The molecule has 4 rings (SSSR count). The standard InChI is InChI=1S/C26H24ClNO7S/c1-32-18-10-14(7-8-17(18)27)23(29)21-22(15-11-19(33-2)25(35-4)20(12-15)34-3)28(26(31)24(21)30)13-16-6-5-9-36-16/h5-12,22,29H,13H2,1-4H3/b23-21+. The molecule has 0 radical (unpaired) electrons. The lowest BCUT2D eigenvalue weighted by Gasteiger charge is -2.26. The number of benzene rings is 2. The topological polar surface area (TPSA) is 94.5 Å². The Morgan fingerprint density at radius 3 is 2.19 bits per heavy atom. The third-order valence-electron chi connectivity index (χ3n) is 5.87. The molecule has 0 saturated carbocycles. The zero-order valence-electron chi connectivity index (χ0n) is 20.0. The average Bonchev–Trinajstić information content (AvgIpc) is 3.50. The van der Waals surface area contributed by atoms with E-state index in [-0.39, 0.29) is 23.4 Å². The summed E-state index contributed by atoms with van der Waals surface area (Å²) in [6.45, 7) is 0.171. The summed E-state index contributed by atoms with van der Waals surface area (Å²) in [5.41, 5.74) is 0.709. The number of likely N-dealkylation sites (tertiary alicyclic amines) is 1. The number of nitrogens with zero attached hydrogens (tertiary/aromatic N) is 1. The summed E-state index contributed by atoms with van der Waals surface area (Å²) in [6.07, 6.45) is 0. The summed E-state index contributed by atoms with van der Waals surface area (Å²) in [5.74, 6) is -0.514. The number of halogens is 1. The predicted molar refractivity (Wildman–Crippen MR) is 136 cm³/mol. The number of carbonyl (C=O) groups is 2. The van der Waals surface area contributed by atoms with Crippen LogP contribution in [0.4, 0.5) is 0 Å². The first-order valence-electron chi connectivity index (χ1n) is 10.8. The van der Waals surface area contributed by atoms with Crippen molar-refractivity contribution < 1.29 is 33.6 Å². The van der Waals surface area contributed by atoms with Gasteiger partial charge in [0.05, 0.1) is 51.6 Å². The minimum atomic E-state index is -0.928. The van der Waals surface area contributed by atoms with Crippen molar-refractivity contribution in [2.75, 3.05) is 28.4 Å². The number of aliphatic hydroxyl groups excluding tert-OH is 1. The summed E-state index contributed by atoms with van der Waals surface area (Å²) >= 11 is 7.60. The van der Waals surface area contributed by atoms with Gasteiger partial charge in [-0.15, -0.1) is 11.3 Å². The molecule has 1 aliphatic rings. The highest BCUT2D eigenvalue weighted by atomic mass is 35.5. The van der Waals surface area contributed by atoms with Crippen molar-refractivity contribution >= 4 is 40.4 Å². The lowest BCUT2D eigenvalue weighted by molar-refractivity contribution is -0.140. The van der Waals surface area contributed by atoms with Gasteiger partial charge in [0.15, 0.2) is 11.5 Å². The number of methoxy groups -OCH3 is 4. The van der Waals surface area contributed by atoms with Crippen LogP contribution in [0.3, 0.4) is 0 Å². The van der Waals surface area contributed by atoms with Gasteiger partial charge in [-0.1, -0.05) is 17.7 Å². The number of aliphatic hydroxyl groups is 1. The fourth-order valence-corrected chi connectivity index (χ4v) is 5.08. The molecule has 36 heavy (non-hydrogen) atoms. The SMILES string of the molecule is COc1cc(/C(O)=C2\C(=O)C(=O)N(Cc3cccs3)C2c2cc(OC)c(OC)c(OC)c2)ccc1Cl. The quantitative estimate of drug-likeness (QED) is 0.248. The van der Waals surface area contributed by atoms with Crippen LogP contribution >= 0.6 is 22.9 Å². The van der Waals surface area contributed by atoms with Crippen molar-refractivity contribution in [3.63, 3.8) is 0 Å². The highest BCUT2D eigenvalue weighted by Gasteiger charge is 2.46. The normalized spacial score (nSPS) is 16.8. The fraction of sp³-hybridized carbons (Fsp3) is 0.231. The molecule has 8 nitrogen and oxygen atoms in total. The first-order valence-corrected chi connectivity index (χ1v) is 12.0. The van der Waals surface area contributed by atoms with Gasteiger partial charge in [-0.3, -0.25) is 9.59 Å². The van der Waals surface area contributed by atoms with Gasteiger partial charge in [-0.05, 0) is 47.3 Å². The molecule has 1 fully saturated rings. The van der Waals surface area contributed by atoms with E-state index in [9.17, 15) is 14.7 Å². The average molecular weight is 530 g/mol. The highest BCUT2D eigenvalue weighted by Crippen LogP contribution is 2.46. The number of hydrogen-bond donors (Lipinski definition) is 1. The maximum atomic E-state index is 13.3. The lowest BCUT2D eigenvalue weighted by Crippen LogP contribution is -2.29. The van der Waals surface area contributed by atoms with Crippen molar-refractivity contribution in [1.29, 1.82) is 0 Å².